The number of carbonyl (C=O) groups is 2. The number of aliphatic carboxylic acids is 1. The summed E-state index contributed by atoms with van der Waals surface area (Å²) in [7, 11) is 1.76. The topological polar surface area (TPSA) is 60.9 Å². The molecule has 0 spiro atoms. The van der Waals surface area contributed by atoms with Crippen LogP contribution >= 0.6 is 11.8 Å². The van der Waals surface area contributed by atoms with Gasteiger partial charge in [-0.2, -0.15) is 11.8 Å². The Hall–Kier alpha value is -0.910. The van der Waals surface area contributed by atoms with Crippen LogP contribution in [0.25, 0.3) is 0 Å². The van der Waals surface area contributed by atoms with Gasteiger partial charge in [-0.15, -0.1) is 0 Å². The Morgan fingerprint density at radius 2 is 2.15 bits per heavy atom. The van der Waals surface area contributed by atoms with Crippen molar-refractivity contribution in [3.8, 4) is 0 Å². The molecule has 1 aliphatic heterocycles. The van der Waals surface area contributed by atoms with Crippen LogP contribution < -0.4 is 0 Å². The van der Waals surface area contributed by atoms with Gasteiger partial charge >= 0.3 is 12.0 Å². The van der Waals surface area contributed by atoms with E-state index in [1.54, 1.807) is 28.6 Å². The van der Waals surface area contributed by atoms with Gasteiger partial charge in [0.05, 0.1) is 0 Å². The summed E-state index contributed by atoms with van der Waals surface area (Å²) in [6.45, 7) is 4.50. The first kappa shape index (κ1) is 17.1. The van der Waals surface area contributed by atoms with Crippen LogP contribution in [0.5, 0.6) is 0 Å². The van der Waals surface area contributed by atoms with Crippen molar-refractivity contribution in [3.05, 3.63) is 0 Å². The standard InChI is InChI=1S/C14H26N2O3S/c1-5-7-14(12(17)18)8-6-9-16(14)13(19)15(3)11(2)10-20-4/h11H,5-10H2,1-4H3,(H,17,18). The maximum atomic E-state index is 12.6. The lowest BCUT2D eigenvalue weighted by molar-refractivity contribution is -0.148. The number of amides is 2. The van der Waals surface area contributed by atoms with Gasteiger partial charge < -0.3 is 14.9 Å². The SMILES string of the molecule is CCCC1(C(=O)O)CCCN1C(=O)N(C)C(C)CSC. The number of likely N-dealkylation sites (tertiary alicyclic amines) is 1. The second-order valence-electron chi connectivity index (χ2n) is 5.54. The highest BCUT2D eigenvalue weighted by molar-refractivity contribution is 7.98. The van der Waals surface area contributed by atoms with Gasteiger partial charge in [-0.1, -0.05) is 13.3 Å². The normalized spacial score (nSPS) is 23.7. The van der Waals surface area contributed by atoms with E-state index in [2.05, 4.69) is 0 Å². The summed E-state index contributed by atoms with van der Waals surface area (Å²) in [5.41, 5.74) is -1.00. The minimum absolute atomic E-state index is 0.103. The summed E-state index contributed by atoms with van der Waals surface area (Å²) in [6, 6.07) is -0.0499. The number of thioether (sulfide) groups is 1. The van der Waals surface area contributed by atoms with Crippen molar-refractivity contribution < 1.29 is 14.7 Å². The zero-order chi connectivity index (χ0) is 15.3. The molecule has 1 heterocycles. The molecule has 116 valence electrons. The number of carbonyl (C=O) groups excluding carboxylic acids is 1. The molecular weight excluding hydrogens is 276 g/mol. The third kappa shape index (κ3) is 3.22. The Labute approximate surface area is 125 Å². The molecule has 0 aliphatic carbocycles. The lowest BCUT2D eigenvalue weighted by Crippen LogP contribution is -2.57. The number of carboxylic acids is 1. The van der Waals surface area contributed by atoms with Crippen LogP contribution in [0.4, 0.5) is 4.79 Å². The molecule has 2 amide bonds. The Morgan fingerprint density at radius 3 is 2.65 bits per heavy atom. The van der Waals surface area contributed by atoms with Crippen LogP contribution in [0.1, 0.15) is 39.5 Å². The highest BCUT2D eigenvalue weighted by Gasteiger charge is 2.50. The average molecular weight is 302 g/mol. The lowest BCUT2D eigenvalue weighted by atomic mass is 9.91. The van der Waals surface area contributed by atoms with Gasteiger partial charge in [0.25, 0.3) is 0 Å². The van der Waals surface area contributed by atoms with Gasteiger partial charge in [0, 0.05) is 25.4 Å². The van der Waals surface area contributed by atoms with Crippen LogP contribution in [0.3, 0.4) is 0 Å². The summed E-state index contributed by atoms with van der Waals surface area (Å²) < 4.78 is 0. The fourth-order valence-electron chi connectivity index (χ4n) is 2.89. The van der Waals surface area contributed by atoms with E-state index >= 15 is 0 Å². The predicted molar refractivity (Wildman–Crippen MR) is 82.2 cm³/mol. The average Bonchev–Trinajstić information content (AvgIpc) is 2.82. The minimum Gasteiger partial charge on any atom is -0.479 e. The van der Waals surface area contributed by atoms with Gasteiger partial charge in [0.15, 0.2) is 0 Å². The Kier molecular flexibility index (Phi) is 6.17. The van der Waals surface area contributed by atoms with Crippen molar-refractivity contribution in [1.29, 1.82) is 0 Å². The molecule has 0 bridgehead atoms. The summed E-state index contributed by atoms with van der Waals surface area (Å²) in [5.74, 6) is -0.0136. The molecule has 0 radical (unpaired) electrons. The molecule has 1 rings (SSSR count). The number of urea groups is 1. The molecule has 0 aromatic rings. The van der Waals surface area contributed by atoms with Crippen LogP contribution in [0.2, 0.25) is 0 Å². The molecule has 1 fully saturated rings. The quantitative estimate of drug-likeness (QED) is 0.819. The second-order valence-corrected chi connectivity index (χ2v) is 6.45. The van der Waals surface area contributed by atoms with Gasteiger partial charge in [-0.05, 0) is 32.4 Å². The van der Waals surface area contributed by atoms with Crippen LogP contribution in [0.15, 0.2) is 0 Å². The third-order valence-electron chi connectivity index (χ3n) is 4.15. The number of hydrogen-bond acceptors (Lipinski definition) is 3. The Bertz CT molecular complexity index is 364. The molecule has 2 atom stereocenters. The molecule has 2 unspecified atom stereocenters. The summed E-state index contributed by atoms with van der Waals surface area (Å²) in [5, 5.41) is 9.62. The van der Waals surface area contributed by atoms with Crippen LogP contribution in [-0.4, -0.2) is 64.1 Å². The first-order chi connectivity index (χ1) is 9.40. The van der Waals surface area contributed by atoms with E-state index in [9.17, 15) is 14.7 Å². The lowest BCUT2D eigenvalue weighted by Gasteiger charge is -2.38. The van der Waals surface area contributed by atoms with E-state index in [4.69, 9.17) is 0 Å². The van der Waals surface area contributed by atoms with Crippen molar-refractivity contribution in [2.45, 2.75) is 51.1 Å². The van der Waals surface area contributed by atoms with E-state index in [0.29, 0.717) is 19.4 Å². The number of nitrogens with zero attached hydrogens (tertiary/aromatic N) is 2. The largest absolute Gasteiger partial charge is 0.479 e. The molecule has 20 heavy (non-hydrogen) atoms. The summed E-state index contributed by atoms with van der Waals surface area (Å²) >= 11 is 1.69. The van der Waals surface area contributed by atoms with Gasteiger partial charge in [0.1, 0.15) is 5.54 Å². The van der Waals surface area contributed by atoms with Crippen LogP contribution in [-0.2, 0) is 4.79 Å². The smallest absolute Gasteiger partial charge is 0.329 e. The zero-order valence-corrected chi connectivity index (χ0v) is 13.7. The molecule has 6 heteroatoms. The van der Waals surface area contributed by atoms with Crippen LogP contribution in [0, 0.1) is 0 Å². The van der Waals surface area contributed by atoms with Crippen molar-refractivity contribution in [2.24, 2.45) is 0 Å². The minimum atomic E-state index is -1.00. The van der Waals surface area contributed by atoms with E-state index in [0.717, 1.165) is 18.6 Å². The number of carboxylic acid groups (broad SMARTS) is 1. The predicted octanol–water partition coefficient (Wildman–Crippen LogP) is 2.51. The van der Waals surface area contributed by atoms with Crippen molar-refractivity contribution in [2.75, 3.05) is 25.6 Å². The Balaban J connectivity index is 2.92. The van der Waals surface area contributed by atoms with Gasteiger partial charge in [-0.25, -0.2) is 9.59 Å². The Morgan fingerprint density at radius 1 is 1.50 bits per heavy atom. The van der Waals surface area contributed by atoms with E-state index in [-0.39, 0.29) is 12.1 Å². The number of rotatable bonds is 6. The van der Waals surface area contributed by atoms with Gasteiger partial charge in [0.2, 0.25) is 0 Å². The first-order valence-corrected chi connectivity index (χ1v) is 8.56. The van der Waals surface area contributed by atoms with Crippen molar-refractivity contribution >= 4 is 23.8 Å². The van der Waals surface area contributed by atoms with Gasteiger partial charge in [-0.3, -0.25) is 0 Å². The molecule has 5 nitrogen and oxygen atoms in total. The summed E-state index contributed by atoms with van der Waals surface area (Å²) in [4.78, 5) is 27.6. The van der Waals surface area contributed by atoms with E-state index in [1.807, 2.05) is 20.1 Å². The maximum Gasteiger partial charge on any atom is 0.329 e. The fraction of sp³-hybridized carbons (Fsp3) is 0.857. The summed E-state index contributed by atoms with van der Waals surface area (Å²) in [6.07, 6.45) is 4.62. The molecule has 0 aromatic heterocycles. The monoisotopic (exact) mass is 302 g/mol. The first-order valence-electron chi connectivity index (χ1n) is 7.17. The fourth-order valence-corrected chi connectivity index (χ4v) is 3.60. The van der Waals surface area contributed by atoms with E-state index in [1.165, 1.54) is 0 Å². The maximum absolute atomic E-state index is 12.6. The zero-order valence-electron chi connectivity index (χ0n) is 12.9. The molecule has 1 aliphatic rings. The molecular formula is C14H26N2O3S. The molecule has 0 saturated carbocycles. The third-order valence-corrected chi connectivity index (χ3v) is 4.97. The second kappa shape index (κ2) is 7.20. The number of hydrogen-bond donors (Lipinski definition) is 1. The highest BCUT2D eigenvalue weighted by atomic mass is 32.2. The molecule has 1 N–H and O–H groups in total. The molecule has 0 aromatic carbocycles. The van der Waals surface area contributed by atoms with Crippen molar-refractivity contribution in [1.82, 2.24) is 9.80 Å². The highest BCUT2D eigenvalue weighted by Crippen LogP contribution is 2.35. The van der Waals surface area contributed by atoms with E-state index < -0.39 is 11.5 Å². The van der Waals surface area contributed by atoms with Crippen molar-refractivity contribution in [3.63, 3.8) is 0 Å². The molecule has 1 saturated heterocycles.